The second-order valence-electron chi connectivity index (χ2n) is 7.95. The molecule has 2 aromatic rings. The van der Waals surface area contributed by atoms with Gasteiger partial charge in [0.25, 0.3) is 5.91 Å². The van der Waals surface area contributed by atoms with Gasteiger partial charge in [0, 0.05) is 36.1 Å². The smallest absolute Gasteiger partial charge is 0.264 e. The summed E-state index contributed by atoms with van der Waals surface area (Å²) in [5.74, 6) is 1.10. The van der Waals surface area contributed by atoms with Crippen molar-refractivity contribution < 1.29 is 4.79 Å². The Morgan fingerprint density at radius 2 is 2.07 bits per heavy atom. The number of hydrogen-bond acceptors (Lipinski definition) is 5. The third-order valence-corrected chi connectivity index (χ3v) is 7.29. The Morgan fingerprint density at radius 3 is 2.96 bits per heavy atom. The minimum atomic E-state index is 0.181. The van der Waals surface area contributed by atoms with Crippen molar-refractivity contribution in [2.75, 3.05) is 13.1 Å². The van der Waals surface area contributed by atoms with Gasteiger partial charge >= 0.3 is 0 Å². The van der Waals surface area contributed by atoms with E-state index in [1.54, 1.807) is 11.3 Å². The van der Waals surface area contributed by atoms with Gasteiger partial charge in [0.1, 0.15) is 5.82 Å². The predicted octanol–water partition coefficient (Wildman–Crippen LogP) is 3.43. The molecule has 3 aliphatic rings. The quantitative estimate of drug-likeness (QED) is 0.809. The second kappa shape index (κ2) is 7.32. The van der Waals surface area contributed by atoms with Crippen LogP contribution in [-0.4, -0.2) is 33.9 Å². The fraction of sp³-hybridized carbons (Fsp3) is 0.571. The molecule has 1 N–H and O–H groups in total. The highest BCUT2D eigenvalue weighted by Crippen LogP contribution is 2.31. The lowest BCUT2D eigenvalue weighted by Gasteiger charge is -2.28. The van der Waals surface area contributed by atoms with E-state index in [9.17, 15) is 4.79 Å². The van der Waals surface area contributed by atoms with Crippen LogP contribution in [-0.2, 0) is 25.8 Å². The molecule has 4 heterocycles. The lowest BCUT2D eigenvalue weighted by molar-refractivity contribution is 0.0738. The molecule has 0 aromatic carbocycles. The second-order valence-corrected chi connectivity index (χ2v) is 9.08. The summed E-state index contributed by atoms with van der Waals surface area (Å²) in [6, 6.07) is 2.46. The molecule has 142 valence electrons. The fourth-order valence-electron chi connectivity index (χ4n) is 4.51. The van der Waals surface area contributed by atoms with Crippen LogP contribution in [0.3, 0.4) is 0 Å². The van der Waals surface area contributed by atoms with E-state index in [4.69, 9.17) is 4.98 Å². The monoisotopic (exact) mass is 382 g/mol. The van der Waals surface area contributed by atoms with Crippen LogP contribution in [0.4, 0.5) is 0 Å². The Balaban J connectivity index is 1.32. The van der Waals surface area contributed by atoms with Gasteiger partial charge in [-0.3, -0.25) is 4.79 Å². The summed E-state index contributed by atoms with van der Waals surface area (Å²) in [5.41, 5.74) is 3.64. The zero-order valence-corrected chi connectivity index (χ0v) is 16.5. The molecule has 1 saturated heterocycles. The summed E-state index contributed by atoms with van der Waals surface area (Å²) >= 11 is 1.72. The number of aromatic nitrogens is 2. The number of amides is 1. The Kier molecular flexibility index (Phi) is 4.70. The molecule has 0 spiro atoms. The Morgan fingerprint density at radius 1 is 1.15 bits per heavy atom. The van der Waals surface area contributed by atoms with Crippen molar-refractivity contribution in [2.45, 2.75) is 64.0 Å². The number of rotatable bonds is 2. The summed E-state index contributed by atoms with van der Waals surface area (Å²) in [6.45, 7) is 2.44. The lowest BCUT2D eigenvalue weighted by Crippen LogP contribution is -2.36. The molecule has 1 amide bonds. The van der Waals surface area contributed by atoms with Crippen molar-refractivity contribution in [1.82, 2.24) is 20.2 Å². The van der Waals surface area contributed by atoms with E-state index in [0.717, 1.165) is 60.7 Å². The molecule has 5 nitrogen and oxygen atoms in total. The van der Waals surface area contributed by atoms with E-state index in [1.807, 2.05) is 11.1 Å². The third kappa shape index (κ3) is 3.41. The Hall–Kier alpha value is -1.79. The fourth-order valence-corrected chi connectivity index (χ4v) is 5.73. The molecule has 1 fully saturated rings. The van der Waals surface area contributed by atoms with E-state index in [-0.39, 0.29) is 5.91 Å². The molecule has 27 heavy (non-hydrogen) atoms. The Labute approximate surface area is 164 Å². The molecule has 1 unspecified atom stereocenters. The van der Waals surface area contributed by atoms with Crippen LogP contribution in [0.15, 0.2) is 12.3 Å². The van der Waals surface area contributed by atoms with E-state index in [2.05, 4.69) is 16.4 Å². The number of nitrogens with zero attached hydrogens (tertiary/aromatic N) is 3. The summed E-state index contributed by atoms with van der Waals surface area (Å²) in [4.78, 5) is 26.8. The van der Waals surface area contributed by atoms with Crippen LogP contribution in [0.25, 0.3) is 0 Å². The summed E-state index contributed by atoms with van der Waals surface area (Å²) < 4.78 is 0. The minimum absolute atomic E-state index is 0.181. The van der Waals surface area contributed by atoms with Gasteiger partial charge in [0.2, 0.25) is 0 Å². The number of carbonyl (C=O) groups excluding carboxylic acids is 1. The number of carbonyl (C=O) groups is 1. The highest BCUT2D eigenvalue weighted by Gasteiger charge is 2.27. The van der Waals surface area contributed by atoms with Crippen molar-refractivity contribution in [3.8, 4) is 0 Å². The SMILES string of the molecule is O=C(c1cc2c(s1)CCCCC2)N1CCc2nc(C3CCCN3)ncc2C1. The molecular formula is C21H26N4OS. The molecule has 1 aliphatic carbocycles. The molecule has 0 radical (unpaired) electrons. The average Bonchev–Trinajstić information content (AvgIpc) is 3.33. The molecule has 1 atom stereocenters. The Bertz CT molecular complexity index is 832. The van der Waals surface area contributed by atoms with Crippen LogP contribution in [0.5, 0.6) is 0 Å². The van der Waals surface area contributed by atoms with E-state index < -0.39 is 0 Å². The molecule has 0 bridgehead atoms. The van der Waals surface area contributed by atoms with Gasteiger partial charge in [0.15, 0.2) is 0 Å². The zero-order chi connectivity index (χ0) is 18.2. The van der Waals surface area contributed by atoms with Gasteiger partial charge in [0.05, 0.1) is 16.6 Å². The van der Waals surface area contributed by atoms with Gasteiger partial charge in [-0.05, 0) is 56.7 Å². The van der Waals surface area contributed by atoms with Crippen LogP contribution < -0.4 is 5.32 Å². The molecule has 2 aliphatic heterocycles. The maximum absolute atomic E-state index is 13.1. The van der Waals surface area contributed by atoms with Crippen molar-refractivity contribution in [3.05, 3.63) is 44.7 Å². The first-order chi connectivity index (χ1) is 13.3. The summed E-state index contributed by atoms with van der Waals surface area (Å²) in [5, 5.41) is 3.47. The largest absolute Gasteiger partial charge is 0.333 e. The van der Waals surface area contributed by atoms with Crippen molar-refractivity contribution in [3.63, 3.8) is 0 Å². The minimum Gasteiger partial charge on any atom is -0.333 e. The first-order valence-corrected chi connectivity index (χ1v) is 11.1. The van der Waals surface area contributed by atoms with Gasteiger partial charge in [-0.25, -0.2) is 9.97 Å². The summed E-state index contributed by atoms with van der Waals surface area (Å²) in [7, 11) is 0. The third-order valence-electron chi connectivity index (χ3n) is 6.07. The topological polar surface area (TPSA) is 58.1 Å². The van der Waals surface area contributed by atoms with Crippen molar-refractivity contribution in [2.24, 2.45) is 0 Å². The maximum atomic E-state index is 13.1. The van der Waals surface area contributed by atoms with E-state index in [1.165, 1.54) is 36.1 Å². The van der Waals surface area contributed by atoms with Crippen LogP contribution in [0.2, 0.25) is 0 Å². The number of fused-ring (bicyclic) bond motifs is 2. The first kappa shape index (κ1) is 17.3. The highest BCUT2D eigenvalue weighted by atomic mass is 32.1. The van der Waals surface area contributed by atoms with Crippen LogP contribution in [0.1, 0.15) is 75.3 Å². The molecular weight excluding hydrogens is 356 g/mol. The van der Waals surface area contributed by atoms with E-state index >= 15 is 0 Å². The molecule has 2 aromatic heterocycles. The van der Waals surface area contributed by atoms with Gasteiger partial charge in [-0.2, -0.15) is 0 Å². The molecule has 6 heteroatoms. The van der Waals surface area contributed by atoms with Gasteiger partial charge in [-0.1, -0.05) is 6.42 Å². The predicted molar refractivity (Wildman–Crippen MR) is 106 cm³/mol. The number of aryl methyl sites for hydroxylation is 2. The number of thiophene rings is 1. The van der Waals surface area contributed by atoms with Gasteiger partial charge < -0.3 is 10.2 Å². The summed E-state index contributed by atoms with van der Waals surface area (Å²) in [6.07, 6.45) is 11.2. The molecule has 5 rings (SSSR count). The molecule has 0 saturated carbocycles. The highest BCUT2D eigenvalue weighted by molar-refractivity contribution is 7.14. The van der Waals surface area contributed by atoms with Crippen LogP contribution >= 0.6 is 11.3 Å². The van der Waals surface area contributed by atoms with Gasteiger partial charge in [-0.15, -0.1) is 11.3 Å². The van der Waals surface area contributed by atoms with E-state index in [0.29, 0.717) is 12.6 Å². The maximum Gasteiger partial charge on any atom is 0.264 e. The van der Waals surface area contributed by atoms with Crippen molar-refractivity contribution >= 4 is 17.2 Å². The zero-order valence-electron chi connectivity index (χ0n) is 15.7. The number of hydrogen-bond donors (Lipinski definition) is 1. The first-order valence-electron chi connectivity index (χ1n) is 10.3. The number of nitrogens with one attached hydrogen (secondary N) is 1. The standard InChI is InChI=1S/C21H26N4OS/c26-21(19-11-14-5-2-1-3-7-18(14)27-19)25-10-8-16-15(13-25)12-23-20(24-16)17-6-4-9-22-17/h11-12,17,22H,1-10,13H2. The lowest BCUT2D eigenvalue weighted by atomic mass is 10.1. The average molecular weight is 383 g/mol. The van der Waals surface area contributed by atoms with Crippen LogP contribution in [0, 0.1) is 0 Å². The van der Waals surface area contributed by atoms with Crippen molar-refractivity contribution in [1.29, 1.82) is 0 Å². The normalized spacial score (nSPS) is 22.2.